The number of aromatic nitrogens is 4. The van der Waals surface area contributed by atoms with Gasteiger partial charge in [0.1, 0.15) is 0 Å². The van der Waals surface area contributed by atoms with Crippen molar-refractivity contribution in [2.75, 3.05) is 18.4 Å². The lowest BCUT2D eigenvalue weighted by molar-refractivity contribution is -0.137. The number of hydrogen-bond acceptors (Lipinski definition) is 6. The average Bonchev–Trinajstić information content (AvgIpc) is 3.25. The van der Waals surface area contributed by atoms with Crippen LogP contribution < -0.4 is 5.32 Å². The number of carbonyl (C=O) groups is 1. The first kappa shape index (κ1) is 27.3. The quantitative estimate of drug-likeness (QED) is 0.469. The number of pyridine rings is 2. The van der Waals surface area contributed by atoms with Gasteiger partial charge in [-0.15, -0.1) is 0 Å². The molecule has 16 heteroatoms. The van der Waals surface area contributed by atoms with Gasteiger partial charge in [-0.2, -0.15) is 35.7 Å². The number of rotatable bonds is 5. The zero-order valence-electron chi connectivity index (χ0n) is 19.4. The Bertz CT molecular complexity index is 1480. The van der Waals surface area contributed by atoms with Crippen LogP contribution >= 0.6 is 0 Å². The lowest BCUT2D eigenvalue weighted by Crippen LogP contribution is -2.42. The first-order valence-electron chi connectivity index (χ1n) is 10.8. The van der Waals surface area contributed by atoms with Crippen molar-refractivity contribution in [3.05, 3.63) is 71.4 Å². The van der Waals surface area contributed by atoms with Gasteiger partial charge < -0.3 is 5.32 Å². The summed E-state index contributed by atoms with van der Waals surface area (Å²) < 4.78 is 101. The van der Waals surface area contributed by atoms with E-state index in [1.165, 1.54) is 35.3 Å². The summed E-state index contributed by atoms with van der Waals surface area (Å²) in [6.45, 7) is 0.736. The van der Waals surface area contributed by atoms with E-state index in [1.54, 1.807) is 6.92 Å². The standard InChI is InChI=1S/C22H18F6N6O3S/c1-13-17(12-31-34(13)19-5-2-15(10-30-19)21(23,24)25)20(35)32-16-3-4-18(29-11-16)14-6-8-33(9-7-14)38(36,37)22(26,27)28/h2-6,10-12H,7-9H2,1H3,(H,32,35). The summed E-state index contributed by atoms with van der Waals surface area (Å²) in [7, 11) is -5.41. The van der Waals surface area contributed by atoms with Gasteiger partial charge in [0, 0.05) is 19.3 Å². The van der Waals surface area contributed by atoms with Gasteiger partial charge in [0.15, 0.2) is 5.82 Å². The van der Waals surface area contributed by atoms with E-state index in [1.807, 2.05) is 0 Å². The highest BCUT2D eigenvalue weighted by molar-refractivity contribution is 7.90. The number of halogens is 6. The van der Waals surface area contributed by atoms with Gasteiger partial charge in [-0.05, 0) is 43.2 Å². The molecule has 1 aliphatic rings. The summed E-state index contributed by atoms with van der Waals surface area (Å²) in [6.07, 6.45) is 0.0488. The van der Waals surface area contributed by atoms with Gasteiger partial charge >= 0.3 is 21.7 Å². The number of nitrogens with zero attached hydrogens (tertiary/aromatic N) is 5. The van der Waals surface area contributed by atoms with Gasteiger partial charge in [-0.25, -0.2) is 18.1 Å². The molecule has 0 bridgehead atoms. The van der Waals surface area contributed by atoms with Crippen molar-refractivity contribution in [3.8, 4) is 5.82 Å². The third-order valence-corrected chi connectivity index (χ3v) is 7.30. The van der Waals surface area contributed by atoms with E-state index >= 15 is 0 Å². The highest BCUT2D eigenvalue weighted by atomic mass is 32.2. The van der Waals surface area contributed by atoms with Crippen LogP contribution in [0.2, 0.25) is 0 Å². The molecule has 3 aromatic rings. The van der Waals surface area contributed by atoms with E-state index in [0.717, 1.165) is 12.1 Å². The molecule has 1 aliphatic heterocycles. The molecule has 0 radical (unpaired) electrons. The second kappa shape index (κ2) is 9.83. The van der Waals surface area contributed by atoms with Crippen molar-refractivity contribution in [3.63, 3.8) is 0 Å². The minimum atomic E-state index is -5.41. The largest absolute Gasteiger partial charge is 0.511 e. The fourth-order valence-corrected chi connectivity index (χ4v) is 4.54. The lowest BCUT2D eigenvalue weighted by Gasteiger charge is -2.26. The van der Waals surface area contributed by atoms with Crippen LogP contribution in [0.3, 0.4) is 0 Å². The molecule has 0 atom stereocenters. The molecule has 0 saturated heterocycles. The van der Waals surface area contributed by atoms with Gasteiger partial charge in [-0.3, -0.25) is 9.78 Å². The van der Waals surface area contributed by atoms with Crippen LogP contribution in [0, 0.1) is 6.92 Å². The molecule has 1 amide bonds. The number of sulfonamides is 1. The van der Waals surface area contributed by atoms with Gasteiger partial charge in [-0.1, -0.05) is 6.08 Å². The fraction of sp³-hybridized carbons (Fsp3) is 0.273. The summed E-state index contributed by atoms with van der Waals surface area (Å²) in [6, 6.07) is 5.02. The first-order chi connectivity index (χ1) is 17.7. The average molecular weight is 560 g/mol. The summed E-state index contributed by atoms with van der Waals surface area (Å²) in [5, 5.41) is 6.64. The predicted molar refractivity (Wildman–Crippen MR) is 122 cm³/mol. The molecule has 0 aliphatic carbocycles. The normalized spacial score (nSPS) is 15.3. The van der Waals surface area contributed by atoms with Crippen LogP contribution in [0.15, 0.2) is 48.9 Å². The van der Waals surface area contributed by atoms with Crippen molar-refractivity contribution in [1.82, 2.24) is 24.1 Å². The number of hydrogen-bond donors (Lipinski definition) is 1. The summed E-state index contributed by atoms with van der Waals surface area (Å²) in [5.41, 5.74) is -4.59. The molecule has 3 aromatic heterocycles. The van der Waals surface area contributed by atoms with Crippen molar-refractivity contribution in [2.45, 2.75) is 25.0 Å². The zero-order chi connectivity index (χ0) is 27.9. The second-order valence-electron chi connectivity index (χ2n) is 8.13. The van der Waals surface area contributed by atoms with E-state index in [2.05, 4.69) is 20.4 Å². The predicted octanol–water partition coefficient (Wildman–Crippen LogP) is 4.18. The Morgan fingerprint density at radius 1 is 1.00 bits per heavy atom. The van der Waals surface area contributed by atoms with E-state index in [9.17, 15) is 39.6 Å². The van der Waals surface area contributed by atoms with Crippen LogP contribution in [-0.2, 0) is 16.2 Å². The second-order valence-corrected chi connectivity index (χ2v) is 10.1. The molecule has 0 saturated carbocycles. The lowest BCUT2D eigenvalue weighted by atomic mass is 10.1. The number of amides is 1. The van der Waals surface area contributed by atoms with Gasteiger partial charge in [0.25, 0.3) is 5.91 Å². The van der Waals surface area contributed by atoms with E-state index in [0.29, 0.717) is 27.5 Å². The van der Waals surface area contributed by atoms with Crippen LogP contribution in [0.25, 0.3) is 11.4 Å². The number of carbonyl (C=O) groups excluding carboxylic acids is 1. The van der Waals surface area contributed by atoms with Crippen molar-refractivity contribution >= 4 is 27.2 Å². The minimum absolute atomic E-state index is 0.0182. The monoisotopic (exact) mass is 560 g/mol. The van der Waals surface area contributed by atoms with E-state index in [-0.39, 0.29) is 30.0 Å². The maximum Gasteiger partial charge on any atom is 0.511 e. The van der Waals surface area contributed by atoms with Crippen LogP contribution in [-0.4, -0.2) is 57.0 Å². The molecular formula is C22H18F6N6O3S. The number of alkyl halides is 6. The molecule has 0 unspecified atom stereocenters. The fourth-order valence-electron chi connectivity index (χ4n) is 3.65. The van der Waals surface area contributed by atoms with E-state index < -0.39 is 39.7 Å². The first-order valence-corrected chi connectivity index (χ1v) is 12.2. The van der Waals surface area contributed by atoms with Gasteiger partial charge in [0.2, 0.25) is 0 Å². The molecular weight excluding hydrogens is 542 g/mol. The van der Waals surface area contributed by atoms with Crippen molar-refractivity contribution in [1.29, 1.82) is 0 Å². The molecule has 0 spiro atoms. The summed E-state index contributed by atoms with van der Waals surface area (Å²) in [5.74, 6) is -0.483. The minimum Gasteiger partial charge on any atom is -0.320 e. The SMILES string of the molecule is Cc1c(C(=O)Nc2ccc(C3=CCN(S(=O)(=O)C(F)(F)F)CC3)nc2)cnn1-c1ccc(C(F)(F)F)cn1. The Labute approximate surface area is 211 Å². The highest BCUT2D eigenvalue weighted by Gasteiger charge is 2.50. The molecule has 4 heterocycles. The Hall–Kier alpha value is -3.79. The van der Waals surface area contributed by atoms with Crippen molar-refractivity contribution < 1.29 is 39.6 Å². The Morgan fingerprint density at radius 2 is 1.74 bits per heavy atom. The van der Waals surface area contributed by atoms with Gasteiger partial charge in [0.05, 0.1) is 40.6 Å². The molecule has 0 fully saturated rings. The number of anilines is 1. The third kappa shape index (κ3) is 5.40. The summed E-state index contributed by atoms with van der Waals surface area (Å²) >= 11 is 0. The molecule has 0 aromatic carbocycles. The topological polar surface area (TPSA) is 110 Å². The smallest absolute Gasteiger partial charge is 0.320 e. The summed E-state index contributed by atoms with van der Waals surface area (Å²) in [4.78, 5) is 20.7. The molecule has 1 N–H and O–H groups in total. The Morgan fingerprint density at radius 3 is 2.26 bits per heavy atom. The van der Waals surface area contributed by atoms with E-state index in [4.69, 9.17) is 0 Å². The third-order valence-electron chi connectivity index (χ3n) is 5.70. The molecule has 9 nitrogen and oxygen atoms in total. The van der Waals surface area contributed by atoms with Crippen LogP contribution in [0.4, 0.5) is 32.0 Å². The maximum atomic E-state index is 12.8. The van der Waals surface area contributed by atoms with Crippen LogP contribution in [0.1, 0.15) is 33.7 Å². The highest BCUT2D eigenvalue weighted by Crippen LogP contribution is 2.31. The Balaban J connectivity index is 1.43. The molecule has 202 valence electrons. The van der Waals surface area contributed by atoms with Crippen molar-refractivity contribution in [2.24, 2.45) is 0 Å². The number of nitrogens with one attached hydrogen (secondary N) is 1. The molecule has 4 rings (SSSR count). The maximum absolute atomic E-state index is 12.8. The molecule has 38 heavy (non-hydrogen) atoms. The van der Waals surface area contributed by atoms with Crippen LogP contribution in [0.5, 0.6) is 0 Å². The zero-order valence-corrected chi connectivity index (χ0v) is 20.2. The Kier molecular flexibility index (Phi) is 7.05.